The monoisotopic (exact) mass is 461 g/mol. The van der Waals surface area contributed by atoms with Gasteiger partial charge in [-0.15, -0.1) is 0 Å². The minimum Gasteiger partial charge on any atom is -0.292 e. The predicted octanol–water partition coefficient (Wildman–Crippen LogP) is 5.81. The number of para-hydroxylation sites is 3. The van der Waals surface area contributed by atoms with E-state index in [2.05, 4.69) is 16.5 Å². The van der Waals surface area contributed by atoms with Gasteiger partial charge in [0.05, 0.1) is 22.4 Å². The number of halogens is 3. The summed E-state index contributed by atoms with van der Waals surface area (Å²) in [6.45, 7) is 6.13. The fourth-order valence-electron chi connectivity index (χ4n) is 3.79. The van der Waals surface area contributed by atoms with E-state index >= 15 is 0 Å². The zero-order valence-corrected chi connectivity index (χ0v) is 18.9. The molecule has 0 saturated heterocycles. The number of nitrogens with zero attached hydrogens (tertiary/aromatic N) is 4. The van der Waals surface area contributed by atoms with Gasteiger partial charge in [-0.3, -0.25) is 14.2 Å². The van der Waals surface area contributed by atoms with Gasteiger partial charge in [0, 0.05) is 0 Å². The van der Waals surface area contributed by atoms with E-state index in [1.807, 2.05) is 90.6 Å². The number of hydrogen-bond acceptors (Lipinski definition) is 2. The molecule has 0 spiro atoms. The molecular formula is C26H22F3N5. The molecule has 172 valence electrons. The lowest BCUT2D eigenvalue weighted by Crippen LogP contribution is -2.29. The smallest absolute Gasteiger partial charge is 0.292 e. The number of nitrogens with one attached hydrogen (secondary N) is 1. The Kier molecular flexibility index (Phi) is 5.04. The standard InChI is InChI=1S/C26H22F3N5/c1-25(2,3)17-13-19(20-15-23(32-31-20)26(27,28)29)30-24(14-17)34-16-33(18-9-5-4-6-10-18)21-11-7-8-12-22(21)34/h4-15H,1-3H3,(H,31,32). The Labute approximate surface area is 194 Å². The van der Waals surface area contributed by atoms with Crippen LogP contribution in [0.4, 0.5) is 13.2 Å². The Balaban J connectivity index is 1.73. The maximum absolute atomic E-state index is 13.2. The Morgan fingerprint density at radius 3 is 2.26 bits per heavy atom. The highest BCUT2D eigenvalue weighted by Crippen LogP contribution is 2.32. The molecule has 0 amide bonds. The van der Waals surface area contributed by atoms with Gasteiger partial charge in [-0.1, -0.05) is 63.2 Å². The maximum Gasteiger partial charge on any atom is 0.432 e. The maximum atomic E-state index is 13.2. The van der Waals surface area contributed by atoms with Crippen molar-refractivity contribution in [2.75, 3.05) is 0 Å². The summed E-state index contributed by atoms with van der Waals surface area (Å²) in [5.74, 6) is 0.546. The third-order valence-electron chi connectivity index (χ3n) is 5.63. The molecule has 3 heterocycles. The van der Waals surface area contributed by atoms with Crippen LogP contribution in [0.5, 0.6) is 0 Å². The summed E-state index contributed by atoms with van der Waals surface area (Å²) >= 11 is 0. The van der Waals surface area contributed by atoms with Crippen LogP contribution in [-0.2, 0) is 11.6 Å². The number of hydrogen-bond donors (Lipinski definition) is 1. The predicted molar refractivity (Wildman–Crippen MR) is 123 cm³/mol. The second kappa shape index (κ2) is 7.83. The second-order valence-corrected chi connectivity index (χ2v) is 9.11. The summed E-state index contributed by atoms with van der Waals surface area (Å²) in [5.41, 5.74) is 2.96. The van der Waals surface area contributed by atoms with Crippen molar-refractivity contribution in [3.05, 3.63) is 90.4 Å². The van der Waals surface area contributed by atoms with E-state index in [4.69, 9.17) is 4.98 Å². The van der Waals surface area contributed by atoms with Gasteiger partial charge in [0.25, 0.3) is 6.33 Å². The minimum atomic E-state index is -4.51. The molecule has 0 unspecified atom stereocenters. The minimum absolute atomic E-state index is 0.132. The topological polar surface area (TPSA) is 50.4 Å². The molecule has 0 bridgehead atoms. The lowest BCUT2D eigenvalue weighted by Gasteiger charge is -2.21. The third kappa shape index (κ3) is 3.96. The molecule has 5 nitrogen and oxygen atoms in total. The first-order valence-electron chi connectivity index (χ1n) is 10.8. The van der Waals surface area contributed by atoms with Crippen LogP contribution in [0.2, 0.25) is 0 Å². The van der Waals surface area contributed by atoms with Crippen LogP contribution in [0.25, 0.3) is 33.9 Å². The van der Waals surface area contributed by atoms with E-state index < -0.39 is 11.9 Å². The summed E-state index contributed by atoms with van der Waals surface area (Å²) in [7, 11) is 0. The molecule has 0 fully saturated rings. The lowest BCUT2D eigenvalue weighted by molar-refractivity contribution is -0.572. The van der Waals surface area contributed by atoms with Gasteiger partial charge in [0.1, 0.15) is 11.4 Å². The number of aromatic amines is 1. The summed E-state index contributed by atoms with van der Waals surface area (Å²) in [5, 5.41) is 5.98. The van der Waals surface area contributed by atoms with Crippen LogP contribution in [-0.4, -0.2) is 19.7 Å². The summed E-state index contributed by atoms with van der Waals surface area (Å²) in [4.78, 5) is 4.71. The van der Waals surface area contributed by atoms with E-state index in [0.717, 1.165) is 28.4 Å². The van der Waals surface area contributed by atoms with Crippen molar-refractivity contribution in [3.63, 3.8) is 0 Å². The van der Waals surface area contributed by atoms with Gasteiger partial charge in [-0.25, -0.2) is 4.98 Å². The molecule has 0 aliphatic rings. The van der Waals surface area contributed by atoms with Gasteiger partial charge in [0.2, 0.25) is 0 Å². The van der Waals surface area contributed by atoms with Crippen molar-refractivity contribution < 1.29 is 17.7 Å². The Bertz CT molecular complexity index is 1470. The number of pyridine rings is 1. The number of benzene rings is 2. The highest BCUT2D eigenvalue weighted by molar-refractivity contribution is 5.74. The van der Waals surface area contributed by atoms with Gasteiger partial charge in [-0.2, -0.15) is 18.3 Å². The Hall–Kier alpha value is -3.94. The number of rotatable bonds is 3. The number of aromatic nitrogens is 5. The van der Waals surface area contributed by atoms with Crippen LogP contribution in [0.1, 0.15) is 32.0 Å². The molecule has 2 aromatic carbocycles. The van der Waals surface area contributed by atoms with Crippen LogP contribution in [0, 0.1) is 6.33 Å². The van der Waals surface area contributed by atoms with Crippen molar-refractivity contribution in [2.45, 2.75) is 32.4 Å². The fourth-order valence-corrected chi connectivity index (χ4v) is 3.79. The van der Waals surface area contributed by atoms with Gasteiger partial charge >= 0.3 is 6.18 Å². The van der Waals surface area contributed by atoms with E-state index in [1.54, 1.807) is 6.07 Å². The highest BCUT2D eigenvalue weighted by Gasteiger charge is 2.33. The van der Waals surface area contributed by atoms with Crippen molar-refractivity contribution >= 4 is 11.0 Å². The number of imidazole rings is 1. The van der Waals surface area contributed by atoms with Crippen molar-refractivity contribution in [1.29, 1.82) is 0 Å². The SMILES string of the molecule is CC(C)(C)c1cc(-c2cc(C(F)(F)F)[nH]n2)nc(-n2[c-][n+](-c3ccccc3)c3ccccc32)c1. The van der Waals surface area contributed by atoms with E-state index in [1.165, 1.54) is 0 Å². The first-order chi connectivity index (χ1) is 16.1. The zero-order valence-electron chi connectivity index (χ0n) is 18.9. The van der Waals surface area contributed by atoms with Crippen molar-refractivity contribution in [3.8, 4) is 22.9 Å². The van der Waals surface area contributed by atoms with Gasteiger partial charge < -0.3 is 0 Å². The van der Waals surface area contributed by atoms with Crippen LogP contribution >= 0.6 is 0 Å². The van der Waals surface area contributed by atoms with E-state index in [9.17, 15) is 13.2 Å². The molecule has 0 aliphatic carbocycles. The molecule has 8 heteroatoms. The second-order valence-electron chi connectivity index (χ2n) is 9.11. The molecule has 1 N–H and O–H groups in total. The van der Waals surface area contributed by atoms with Crippen LogP contribution in [0.3, 0.4) is 0 Å². The molecule has 0 atom stereocenters. The largest absolute Gasteiger partial charge is 0.432 e. The number of H-pyrrole nitrogens is 1. The molecule has 5 aromatic rings. The average molecular weight is 461 g/mol. The molecule has 34 heavy (non-hydrogen) atoms. The molecule has 0 aliphatic heterocycles. The van der Waals surface area contributed by atoms with Gasteiger partial charge in [-0.05, 0) is 41.3 Å². The molecule has 0 saturated carbocycles. The number of fused-ring (bicyclic) bond motifs is 1. The summed E-state index contributed by atoms with van der Waals surface area (Å²) in [6.07, 6.45) is -1.14. The molecular weight excluding hydrogens is 439 g/mol. The fraction of sp³-hybridized carbons (Fsp3) is 0.192. The summed E-state index contributed by atoms with van der Waals surface area (Å²) in [6, 6.07) is 22.4. The highest BCUT2D eigenvalue weighted by atomic mass is 19.4. The summed E-state index contributed by atoms with van der Waals surface area (Å²) < 4.78 is 43.3. The van der Waals surface area contributed by atoms with E-state index in [0.29, 0.717) is 11.5 Å². The normalized spacial score (nSPS) is 12.4. The van der Waals surface area contributed by atoms with Crippen molar-refractivity contribution in [2.24, 2.45) is 0 Å². The zero-order chi connectivity index (χ0) is 24.1. The number of alkyl halides is 3. The molecule has 0 radical (unpaired) electrons. The van der Waals surface area contributed by atoms with Gasteiger partial charge in [0.15, 0.2) is 5.82 Å². The molecule has 3 aromatic heterocycles. The van der Waals surface area contributed by atoms with E-state index in [-0.39, 0.29) is 11.1 Å². The quantitative estimate of drug-likeness (QED) is 0.272. The lowest BCUT2D eigenvalue weighted by atomic mass is 9.87. The average Bonchev–Trinajstić information content (AvgIpc) is 3.45. The van der Waals surface area contributed by atoms with Crippen LogP contribution < -0.4 is 4.57 Å². The third-order valence-corrected chi connectivity index (χ3v) is 5.63. The first-order valence-corrected chi connectivity index (χ1v) is 10.8. The first kappa shape index (κ1) is 21.9. The van der Waals surface area contributed by atoms with Crippen molar-refractivity contribution in [1.82, 2.24) is 19.7 Å². The molecule has 5 rings (SSSR count). The van der Waals surface area contributed by atoms with Crippen LogP contribution in [0.15, 0.2) is 72.8 Å². The Morgan fingerprint density at radius 2 is 1.59 bits per heavy atom. The Morgan fingerprint density at radius 1 is 0.882 bits per heavy atom.